The van der Waals surface area contributed by atoms with Crippen LogP contribution in [0.1, 0.15) is 32.6 Å². The largest absolute Gasteiger partial charge is 0.195 e. The zero-order valence-corrected chi connectivity index (χ0v) is 9.94. The molecule has 0 nitrogen and oxygen atoms in total. The quantitative estimate of drug-likeness (QED) is 0.553. The fourth-order valence-corrected chi connectivity index (χ4v) is 3.42. The highest BCUT2D eigenvalue weighted by atomic mass is 35.6. The van der Waals surface area contributed by atoms with Crippen molar-refractivity contribution in [3.05, 3.63) is 0 Å². The molecule has 2 atom stereocenters. The third kappa shape index (κ3) is 2.57. The van der Waals surface area contributed by atoms with Crippen molar-refractivity contribution < 1.29 is 0 Å². The minimum atomic E-state index is -1.21. The van der Waals surface area contributed by atoms with Gasteiger partial charge in [0, 0.05) is 10.8 Å². The van der Waals surface area contributed by atoms with Crippen LogP contribution >= 0.6 is 46.4 Å². The second kappa shape index (κ2) is 3.73. The summed E-state index contributed by atoms with van der Waals surface area (Å²) in [5.74, 6) is -0.0228. The fourth-order valence-electron chi connectivity index (χ4n) is 1.80. The van der Waals surface area contributed by atoms with E-state index in [1.54, 1.807) is 0 Å². The van der Waals surface area contributed by atoms with Crippen molar-refractivity contribution in [3.63, 3.8) is 0 Å². The summed E-state index contributed by atoms with van der Waals surface area (Å²) in [5.41, 5.74) is 0. The van der Waals surface area contributed by atoms with Crippen molar-refractivity contribution in [2.45, 2.75) is 41.3 Å². The van der Waals surface area contributed by atoms with Gasteiger partial charge in [-0.05, 0) is 19.8 Å². The zero-order chi connectivity index (χ0) is 9.41. The monoisotopic (exact) mass is 248 g/mol. The third-order valence-corrected chi connectivity index (χ3v) is 3.77. The minimum Gasteiger partial charge on any atom is -0.119 e. The van der Waals surface area contributed by atoms with Gasteiger partial charge in [0.05, 0.1) is 0 Å². The van der Waals surface area contributed by atoms with E-state index in [-0.39, 0.29) is 10.8 Å². The summed E-state index contributed by atoms with van der Waals surface area (Å²) in [7, 11) is 0. The molecule has 0 aliphatic heterocycles. The van der Waals surface area contributed by atoms with Gasteiger partial charge in [-0.15, -0.1) is 11.6 Å². The van der Waals surface area contributed by atoms with E-state index < -0.39 is 3.79 Å². The lowest BCUT2D eigenvalue weighted by atomic mass is 9.80. The molecule has 4 heteroatoms. The fraction of sp³-hybridized carbons (Fsp3) is 1.00. The van der Waals surface area contributed by atoms with Crippen molar-refractivity contribution >= 4 is 46.4 Å². The molecule has 1 fully saturated rings. The lowest BCUT2D eigenvalue weighted by Crippen LogP contribution is -2.40. The number of hydrogen-bond acceptors (Lipinski definition) is 0. The van der Waals surface area contributed by atoms with Crippen LogP contribution in [-0.2, 0) is 0 Å². The molecule has 0 aromatic rings. The van der Waals surface area contributed by atoms with Crippen LogP contribution in [0.15, 0.2) is 0 Å². The summed E-state index contributed by atoms with van der Waals surface area (Å²) >= 11 is 23.8. The van der Waals surface area contributed by atoms with Crippen LogP contribution in [0.3, 0.4) is 0 Å². The maximum absolute atomic E-state index is 6.27. The summed E-state index contributed by atoms with van der Waals surface area (Å²) in [6.45, 7) is 1.96. The van der Waals surface area contributed by atoms with Gasteiger partial charge in [-0.1, -0.05) is 47.6 Å². The van der Waals surface area contributed by atoms with Gasteiger partial charge in [-0.25, -0.2) is 0 Å². The summed E-state index contributed by atoms with van der Waals surface area (Å²) in [4.78, 5) is -0.344. The average Bonchev–Trinajstić information content (AvgIpc) is 1.83. The zero-order valence-electron chi connectivity index (χ0n) is 6.92. The van der Waals surface area contributed by atoms with Crippen LogP contribution in [0.4, 0.5) is 0 Å². The van der Waals surface area contributed by atoms with E-state index in [1.165, 1.54) is 0 Å². The van der Waals surface area contributed by atoms with Gasteiger partial charge in [-0.3, -0.25) is 0 Å². The normalized spacial score (nSPS) is 38.2. The topological polar surface area (TPSA) is 0 Å². The summed E-state index contributed by atoms with van der Waals surface area (Å²) < 4.78 is -1.21. The van der Waals surface area contributed by atoms with Gasteiger partial charge in [0.2, 0.25) is 0 Å². The Kier molecular flexibility index (Phi) is 3.49. The van der Waals surface area contributed by atoms with Crippen LogP contribution in [-0.4, -0.2) is 8.67 Å². The van der Waals surface area contributed by atoms with E-state index in [1.807, 2.05) is 6.92 Å². The predicted molar refractivity (Wildman–Crippen MR) is 56.5 cm³/mol. The first-order chi connectivity index (χ1) is 5.34. The second-order valence-corrected chi connectivity index (χ2v) is 6.85. The molecule has 1 aliphatic carbocycles. The van der Waals surface area contributed by atoms with Crippen LogP contribution in [0, 0.1) is 5.92 Å². The molecule has 2 unspecified atom stereocenters. The van der Waals surface area contributed by atoms with Crippen LogP contribution in [0.5, 0.6) is 0 Å². The maximum atomic E-state index is 6.27. The van der Waals surface area contributed by atoms with Crippen molar-refractivity contribution in [2.24, 2.45) is 5.92 Å². The average molecular weight is 250 g/mol. The maximum Gasteiger partial charge on any atom is 0.195 e. The molecular weight excluding hydrogens is 238 g/mol. The highest BCUT2D eigenvalue weighted by molar-refractivity contribution is 6.68. The Hall–Kier alpha value is 1.16. The molecule has 0 aromatic heterocycles. The van der Waals surface area contributed by atoms with E-state index in [0.717, 1.165) is 25.7 Å². The first-order valence-electron chi connectivity index (χ1n) is 4.10. The Morgan fingerprint density at radius 2 is 1.83 bits per heavy atom. The van der Waals surface area contributed by atoms with Crippen molar-refractivity contribution in [1.82, 2.24) is 0 Å². The number of rotatable bonds is 0. The van der Waals surface area contributed by atoms with Gasteiger partial charge < -0.3 is 0 Å². The van der Waals surface area contributed by atoms with Crippen molar-refractivity contribution in [3.8, 4) is 0 Å². The smallest absolute Gasteiger partial charge is 0.119 e. The first kappa shape index (κ1) is 11.2. The molecule has 0 heterocycles. The van der Waals surface area contributed by atoms with E-state index in [9.17, 15) is 0 Å². The molecule has 72 valence electrons. The van der Waals surface area contributed by atoms with Gasteiger partial charge >= 0.3 is 0 Å². The summed E-state index contributed by atoms with van der Waals surface area (Å²) in [6.07, 6.45) is 4.10. The Balaban J connectivity index is 2.73. The van der Waals surface area contributed by atoms with Crippen LogP contribution in [0.25, 0.3) is 0 Å². The SMILES string of the molecule is CC1(Cl)CCCCC1C(Cl)(Cl)Cl. The summed E-state index contributed by atoms with van der Waals surface area (Å²) in [5, 5.41) is 0. The highest BCUT2D eigenvalue weighted by Gasteiger charge is 2.46. The Morgan fingerprint density at radius 1 is 1.25 bits per heavy atom. The van der Waals surface area contributed by atoms with E-state index in [0.29, 0.717) is 0 Å². The van der Waals surface area contributed by atoms with Crippen LogP contribution in [0.2, 0.25) is 0 Å². The number of halogens is 4. The highest BCUT2D eigenvalue weighted by Crippen LogP contribution is 2.50. The molecule has 0 bridgehead atoms. The molecule has 12 heavy (non-hydrogen) atoms. The second-order valence-electron chi connectivity index (χ2n) is 3.62. The Bertz CT molecular complexity index is 159. The van der Waals surface area contributed by atoms with Gasteiger partial charge in [0.15, 0.2) is 3.79 Å². The molecule has 0 saturated heterocycles. The molecule has 0 N–H and O–H groups in total. The lowest BCUT2D eigenvalue weighted by Gasteiger charge is -2.40. The molecular formula is C8H12Cl4. The van der Waals surface area contributed by atoms with Gasteiger partial charge in [0.25, 0.3) is 0 Å². The molecule has 0 aromatic carbocycles. The number of alkyl halides is 4. The minimum absolute atomic E-state index is 0.0228. The lowest BCUT2D eigenvalue weighted by molar-refractivity contribution is 0.286. The van der Waals surface area contributed by atoms with Crippen LogP contribution < -0.4 is 0 Å². The molecule has 1 aliphatic rings. The van der Waals surface area contributed by atoms with Crippen molar-refractivity contribution in [1.29, 1.82) is 0 Å². The van der Waals surface area contributed by atoms with Gasteiger partial charge in [0.1, 0.15) is 0 Å². The molecule has 1 saturated carbocycles. The molecule has 0 spiro atoms. The Morgan fingerprint density at radius 3 is 2.17 bits per heavy atom. The van der Waals surface area contributed by atoms with E-state index in [2.05, 4.69) is 0 Å². The van der Waals surface area contributed by atoms with Gasteiger partial charge in [-0.2, -0.15) is 0 Å². The third-order valence-electron chi connectivity index (χ3n) is 2.53. The predicted octanol–water partition coefficient (Wildman–Crippen LogP) is 4.54. The number of hydrogen-bond donors (Lipinski definition) is 0. The van der Waals surface area contributed by atoms with E-state index in [4.69, 9.17) is 46.4 Å². The van der Waals surface area contributed by atoms with Crippen molar-refractivity contribution in [2.75, 3.05) is 0 Å². The molecule has 0 radical (unpaired) electrons. The standard InChI is InChI=1S/C8H12Cl4/c1-7(9)5-3-2-4-6(7)8(10,11)12/h6H,2-5H2,1H3. The summed E-state index contributed by atoms with van der Waals surface area (Å²) in [6, 6.07) is 0. The molecule has 1 rings (SSSR count). The van der Waals surface area contributed by atoms with E-state index >= 15 is 0 Å². The Labute approximate surface area is 93.5 Å². The molecule has 0 amide bonds. The first-order valence-corrected chi connectivity index (χ1v) is 5.61.